The molecule has 5 nitrogen and oxygen atoms in total. The van der Waals surface area contributed by atoms with Crippen LogP contribution in [0.2, 0.25) is 0 Å². The van der Waals surface area contributed by atoms with Gasteiger partial charge in [-0.2, -0.15) is 0 Å². The minimum atomic E-state index is -0.777. The molecule has 88 valence electrons. The van der Waals surface area contributed by atoms with Crippen molar-refractivity contribution < 1.29 is 14.6 Å². The van der Waals surface area contributed by atoms with E-state index in [1.54, 1.807) is 11.8 Å². The lowest BCUT2D eigenvalue weighted by atomic mass is 9.95. The number of nitrogens with two attached hydrogens (primary N) is 1. The van der Waals surface area contributed by atoms with Crippen LogP contribution in [0.15, 0.2) is 0 Å². The number of nitrogens with zero attached hydrogens (tertiary/aromatic N) is 1. The molecule has 1 aliphatic rings. The van der Waals surface area contributed by atoms with Crippen LogP contribution in [-0.2, 0) is 9.53 Å². The molecule has 0 spiro atoms. The lowest BCUT2D eigenvalue weighted by Crippen LogP contribution is -2.54. The highest BCUT2D eigenvalue weighted by molar-refractivity contribution is 5.82. The van der Waals surface area contributed by atoms with Crippen molar-refractivity contribution in [3.8, 4) is 0 Å². The van der Waals surface area contributed by atoms with Crippen molar-refractivity contribution in [3.63, 3.8) is 0 Å². The Morgan fingerprint density at radius 2 is 2.40 bits per heavy atom. The Morgan fingerprint density at radius 1 is 1.73 bits per heavy atom. The van der Waals surface area contributed by atoms with Crippen LogP contribution in [0, 0.1) is 0 Å². The molecule has 3 N–H and O–H groups in total. The Hall–Kier alpha value is -0.650. The number of hydrogen-bond acceptors (Lipinski definition) is 4. The van der Waals surface area contributed by atoms with Gasteiger partial charge in [0.05, 0.1) is 12.2 Å². The largest absolute Gasteiger partial charge is 0.388 e. The van der Waals surface area contributed by atoms with Crippen molar-refractivity contribution in [2.45, 2.75) is 31.4 Å². The molecule has 2 unspecified atom stereocenters. The molecule has 15 heavy (non-hydrogen) atoms. The highest BCUT2D eigenvalue weighted by Gasteiger charge is 2.32. The van der Waals surface area contributed by atoms with Crippen LogP contribution in [0.1, 0.15) is 19.8 Å². The Morgan fingerprint density at radius 3 is 2.93 bits per heavy atom. The summed E-state index contributed by atoms with van der Waals surface area (Å²) in [5.41, 5.74) is 4.87. The predicted molar refractivity (Wildman–Crippen MR) is 56.3 cm³/mol. The number of ether oxygens (including phenoxy) is 1. The summed E-state index contributed by atoms with van der Waals surface area (Å²) in [7, 11) is 1.51. The summed E-state index contributed by atoms with van der Waals surface area (Å²) in [6.45, 7) is 3.00. The molecule has 0 aromatic carbocycles. The number of likely N-dealkylation sites (tertiary alicyclic amines) is 1. The van der Waals surface area contributed by atoms with E-state index in [0.717, 1.165) is 12.8 Å². The predicted octanol–water partition coefficient (Wildman–Crippen LogP) is -0.666. The minimum absolute atomic E-state index is 0.142. The molecular weight excluding hydrogens is 196 g/mol. The molecule has 0 saturated carbocycles. The average molecular weight is 216 g/mol. The van der Waals surface area contributed by atoms with Crippen LogP contribution in [0.4, 0.5) is 0 Å². The fraction of sp³-hybridized carbons (Fsp3) is 0.900. The van der Waals surface area contributed by atoms with Gasteiger partial charge in [-0.1, -0.05) is 0 Å². The first-order chi connectivity index (χ1) is 6.96. The van der Waals surface area contributed by atoms with E-state index < -0.39 is 11.6 Å². The summed E-state index contributed by atoms with van der Waals surface area (Å²) < 4.78 is 4.83. The molecule has 5 heteroatoms. The molecular formula is C10H20N2O3. The summed E-state index contributed by atoms with van der Waals surface area (Å²) in [6, 6.07) is -0.621. The van der Waals surface area contributed by atoms with Gasteiger partial charge in [0.25, 0.3) is 0 Å². The molecule has 0 radical (unpaired) electrons. The van der Waals surface area contributed by atoms with E-state index in [9.17, 15) is 9.90 Å². The van der Waals surface area contributed by atoms with Crippen LogP contribution >= 0.6 is 0 Å². The molecule has 1 amide bonds. The number of carbonyl (C=O) groups excluding carboxylic acids is 1. The van der Waals surface area contributed by atoms with Gasteiger partial charge in [0.2, 0.25) is 5.91 Å². The third-order valence-electron chi connectivity index (χ3n) is 2.65. The second-order valence-electron chi connectivity index (χ2n) is 4.42. The topological polar surface area (TPSA) is 75.8 Å². The molecule has 0 aromatic heterocycles. The second-order valence-corrected chi connectivity index (χ2v) is 4.42. The second kappa shape index (κ2) is 4.92. The number of rotatable bonds is 3. The Bertz CT molecular complexity index is 231. The van der Waals surface area contributed by atoms with E-state index in [2.05, 4.69) is 0 Å². The number of amides is 1. The maximum absolute atomic E-state index is 11.8. The monoisotopic (exact) mass is 216 g/mol. The molecule has 1 fully saturated rings. The summed E-state index contributed by atoms with van der Waals surface area (Å²) in [5, 5.41) is 9.84. The maximum Gasteiger partial charge on any atom is 0.241 e. The Kier molecular flexibility index (Phi) is 4.07. The van der Waals surface area contributed by atoms with E-state index in [1.807, 2.05) is 0 Å². The molecule has 1 saturated heterocycles. The van der Waals surface area contributed by atoms with E-state index in [1.165, 1.54) is 7.11 Å². The van der Waals surface area contributed by atoms with Crippen LogP contribution in [0.25, 0.3) is 0 Å². The van der Waals surface area contributed by atoms with Crippen LogP contribution in [0.5, 0.6) is 0 Å². The van der Waals surface area contributed by atoms with Gasteiger partial charge in [-0.25, -0.2) is 0 Å². The van der Waals surface area contributed by atoms with Crippen molar-refractivity contribution in [1.29, 1.82) is 0 Å². The Labute approximate surface area is 90.2 Å². The number of piperidine rings is 1. The van der Waals surface area contributed by atoms with Gasteiger partial charge >= 0.3 is 0 Å². The summed E-state index contributed by atoms with van der Waals surface area (Å²) in [4.78, 5) is 13.4. The van der Waals surface area contributed by atoms with Crippen molar-refractivity contribution in [1.82, 2.24) is 4.90 Å². The van der Waals surface area contributed by atoms with E-state index in [4.69, 9.17) is 10.5 Å². The SMILES string of the molecule is COCC(N)C(=O)N1CCCC(C)(O)C1. The highest BCUT2D eigenvalue weighted by Crippen LogP contribution is 2.20. The normalized spacial score (nSPS) is 28.9. The third kappa shape index (κ3) is 3.44. The van der Waals surface area contributed by atoms with Gasteiger partial charge in [0, 0.05) is 20.2 Å². The standard InChI is InChI=1S/C10H20N2O3/c1-10(14)4-3-5-12(7-10)9(13)8(11)6-15-2/h8,14H,3-7,11H2,1-2H3. The number of carbonyl (C=O) groups is 1. The van der Waals surface area contributed by atoms with Crippen molar-refractivity contribution in [3.05, 3.63) is 0 Å². The summed E-state index contributed by atoms with van der Waals surface area (Å²) in [6.07, 6.45) is 1.55. The molecule has 1 heterocycles. The molecule has 0 aliphatic carbocycles. The first kappa shape index (κ1) is 12.4. The fourth-order valence-electron chi connectivity index (χ4n) is 1.89. The summed E-state index contributed by atoms with van der Waals surface area (Å²) in [5.74, 6) is -0.142. The van der Waals surface area contributed by atoms with E-state index in [0.29, 0.717) is 13.1 Å². The number of methoxy groups -OCH3 is 1. The first-order valence-electron chi connectivity index (χ1n) is 5.22. The third-order valence-corrected chi connectivity index (χ3v) is 2.65. The quantitative estimate of drug-likeness (QED) is 0.656. The zero-order valence-electron chi connectivity index (χ0n) is 9.40. The highest BCUT2D eigenvalue weighted by atomic mass is 16.5. The fourth-order valence-corrected chi connectivity index (χ4v) is 1.89. The van der Waals surface area contributed by atoms with Gasteiger partial charge in [0.15, 0.2) is 0 Å². The van der Waals surface area contributed by atoms with Gasteiger partial charge < -0.3 is 20.5 Å². The van der Waals surface area contributed by atoms with Gasteiger partial charge in [-0.05, 0) is 19.8 Å². The van der Waals surface area contributed by atoms with Crippen molar-refractivity contribution in [2.24, 2.45) is 5.73 Å². The first-order valence-corrected chi connectivity index (χ1v) is 5.22. The summed E-state index contributed by atoms with van der Waals surface area (Å²) >= 11 is 0. The lowest BCUT2D eigenvalue weighted by Gasteiger charge is -2.37. The van der Waals surface area contributed by atoms with E-state index >= 15 is 0 Å². The minimum Gasteiger partial charge on any atom is -0.388 e. The average Bonchev–Trinajstić information content (AvgIpc) is 2.15. The molecule has 2 atom stereocenters. The number of hydrogen-bond donors (Lipinski definition) is 2. The number of aliphatic hydroxyl groups is 1. The zero-order valence-corrected chi connectivity index (χ0v) is 9.40. The molecule has 0 bridgehead atoms. The van der Waals surface area contributed by atoms with Crippen molar-refractivity contribution in [2.75, 3.05) is 26.8 Å². The molecule has 1 rings (SSSR count). The lowest BCUT2D eigenvalue weighted by molar-refractivity contribution is -0.140. The Balaban J connectivity index is 2.52. The zero-order chi connectivity index (χ0) is 11.5. The van der Waals surface area contributed by atoms with Crippen LogP contribution in [0.3, 0.4) is 0 Å². The van der Waals surface area contributed by atoms with Gasteiger partial charge in [0.1, 0.15) is 6.04 Å². The van der Waals surface area contributed by atoms with Crippen LogP contribution in [-0.4, -0.2) is 54.4 Å². The molecule has 0 aromatic rings. The van der Waals surface area contributed by atoms with Gasteiger partial charge in [-0.15, -0.1) is 0 Å². The number of β-amino-alcohol motifs (C(OH)–C–C–N with tert-alkyl or cyclic N) is 1. The van der Waals surface area contributed by atoms with Crippen LogP contribution < -0.4 is 5.73 Å². The van der Waals surface area contributed by atoms with Gasteiger partial charge in [-0.3, -0.25) is 4.79 Å². The smallest absolute Gasteiger partial charge is 0.241 e. The molecule has 1 aliphatic heterocycles. The van der Waals surface area contributed by atoms with E-state index in [-0.39, 0.29) is 12.5 Å². The van der Waals surface area contributed by atoms with Crippen molar-refractivity contribution >= 4 is 5.91 Å². The maximum atomic E-state index is 11.8.